The normalized spacial score (nSPS) is 11.7. The van der Waals surface area contributed by atoms with Gasteiger partial charge in [0.05, 0.1) is 50.0 Å². The predicted octanol–water partition coefficient (Wildman–Crippen LogP) is 7.59. The summed E-state index contributed by atoms with van der Waals surface area (Å²) >= 11 is 0. The van der Waals surface area contributed by atoms with Gasteiger partial charge in [0.1, 0.15) is 22.8 Å². The second kappa shape index (κ2) is 12.2. The number of hydrogen-bond donors (Lipinski definition) is 0. The van der Waals surface area contributed by atoms with Crippen molar-refractivity contribution in [1.82, 2.24) is 9.38 Å². The number of pyridine rings is 1. The lowest BCUT2D eigenvalue weighted by Crippen LogP contribution is -2.39. The van der Waals surface area contributed by atoms with Crippen LogP contribution in [0, 0.1) is 6.92 Å². The van der Waals surface area contributed by atoms with E-state index < -0.39 is 36.8 Å². The monoisotopic (exact) mass is 599 g/mol. The highest BCUT2D eigenvalue weighted by molar-refractivity contribution is 5.94. The number of amides is 1. The topological polar surface area (TPSA) is 91.6 Å². The number of carbonyl (C=O) groups is 2. The van der Waals surface area contributed by atoms with Gasteiger partial charge in [-0.25, -0.2) is 14.6 Å². The molecule has 0 spiro atoms. The Morgan fingerprint density at radius 1 is 0.977 bits per heavy atom. The van der Waals surface area contributed by atoms with E-state index in [0.717, 1.165) is 4.90 Å². The van der Waals surface area contributed by atoms with Crippen LogP contribution in [-0.4, -0.2) is 54.0 Å². The van der Waals surface area contributed by atoms with Crippen molar-refractivity contribution >= 4 is 23.4 Å². The Balaban J connectivity index is 1.91. The van der Waals surface area contributed by atoms with E-state index in [2.05, 4.69) is 4.98 Å². The molecule has 4 rings (SSSR count). The predicted molar refractivity (Wildman–Crippen MR) is 154 cm³/mol. The zero-order valence-electron chi connectivity index (χ0n) is 24.6. The second-order valence-corrected chi connectivity index (χ2v) is 10.7. The Bertz CT molecular complexity index is 1640. The third kappa shape index (κ3) is 7.56. The van der Waals surface area contributed by atoms with Crippen molar-refractivity contribution in [1.29, 1.82) is 0 Å². The first kappa shape index (κ1) is 31.2. The fourth-order valence-electron chi connectivity index (χ4n) is 4.34. The molecule has 43 heavy (non-hydrogen) atoms. The number of halogens is 3. The Morgan fingerprint density at radius 2 is 1.70 bits per heavy atom. The molecule has 9 nitrogen and oxygen atoms in total. The largest absolute Gasteiger partial charge is 0.497 e. The highest BCUT2D eigenvalue weighted by Gasteiger charge is 2.33. The number of imidazole rings is 1. The molecule has 0 N–H and O–H groups in total. The molecule has 0 aliphatic rings. The number of carbonyl (C=O) groups excluding carboxylic acids is 2. The van der Waals surface area contributed by atoms with Crippen molar-refractivity contribution < 1.29 is 41.7 Å². The molecule has 228 valence electrons. The summed E-state index contributed by atoms with van der Waals surface area (Å²) in [7, 11) is 2.80. The standard InChI is InChI=1S/C31H32F3N3O6/c1-19-14-20(10-11-24(19)28(38)41-6)26-17-35-27-25(36(13-12-31(32,33)34)29(39)43-30(2,3)4)16-23(18-37(26)27)42-22-9-7-8-21(15-22)40-5/h7-11,14-18H,12-13H2,1-6H3. The number of methoxy groups -OCH3 is 2. The number of esters is 1. The van der Waals surface area contributed by atoms with E-state index in [0.29, 0.717) is 33.9 Å². The van der Waals surface area contributed by atoms with Crippen LogP contribution >= 0.6 is 0 Å². The molecule has 4 aromatic rings. The molecule has 2 aromatic carbocycles. The fraction of sp³-hybridized carbons (Fsp3) is 0.323. The van der Waals surface area contributed by atoms with Crippen LogP contribution < -0.4 is 14.4 Å². The third-order valence-electron chi connectivity index (χ3n) is 6.29. The number of rotatable bonds is 8. The average Bonchev–Trinajstić information content (AvgIpc) is 3.35. The maximum absolute atomic E-state index is 13.4. The molecule has 12 heteroatoms. The van der Waals surface area contributed by atoms with Crippen LogP contribution in [0.4, 0.5) is 23.7 Å². The number of nitrogens with zero attached hydrogens (tertiary/aromatic N) is 3. The number of benzene rings is 2. The molecule has 2 aromatic heterocycles. The molecule has 0 fully saturated rings. The van der Waals surface area contributed by atoms with E-state index in [1.807, 2.05) is 0 Å². The summed E-state index contributed by atoms with van der Waals surface area (Å²) in [4.78, 5) is 30.8. The highest BCUT2D eigenvalue weighted by Crippen LogP contribution is 2.35. The third-order valence-corrected chi connectivity index (χ3v) is 6.29. The number of alkyl halides is 3. The summed E-state index contributed by atoms with van der Waals surface area (Å²) in [6, 6.07) is 13.3. The van der Waals surface area contributed by atoms with Gasteiger partial charge in [-0.2, -0.15) is 13.2 Å². The van der Waals surface area contributed by atoms with Crippen LogP contribution in [0.25, 0.3) is 16.9 Å². The zero-order valence-corrected chi connectivity index (χ0v) is 24.6. The van der Waals surface area contributed by atoms with E-state index in [4.69, 9.17) is 18.9 Å². The van der Waals surface area contributed by atoms with Crippen molar-refractivity contribution in [3.05, 3.63) is 72.1 Å². The van der Waals surface area contributed by atoms with Crippen LogP contribution in [0.3, 0.4) is 0 Å². The van der Waals surface area contributed by atoms with Gasteiger partial charge in [-0.1, -0.05) is 12.1 Å². The number of aromatic nitrogens is 2. The molecule has 0 radical (unpaired) electrons. The SMILES string of the molecule is COC(=O)c1ccc(-c2cnc3c(N(CCC(F)(F)F)C(=O)OC(C)(C)C)cc(Oc4cccc(OC)c4)cn23)cc1C. The minimum Gasteiger partial charge on any atom is -0.497 e. The number of ether oxygens (including phenoxy) is 4. The molecular formula is C31H32F3N3O6. The van der Waals surface area contributed by atoms with Gasteiger partial charge in [-0.05, 0) is 57.5 Å². The minimum atomic E-state index is -4.54. The highest BCUT2D eigenvalue weighted by atomic mass is 19.4. The van der Waals surface area contributed by atoms with Crippen molar-refractivity contribution in [3.8, 4) is 28.5 Å². The Morgan fingerprint density at radius 3 is 2.33 bits per heavy atom. The molecule has 0 aliphatic heterocycles. The molecule has 0 unspecified atom stereocenters. The molecule has 0 saturated heterocycles. The van der Waals surface area contributed by atoms with Gasteiger partial charge >= 0.3 is 18.2 Å². The molecule has 0 bridgehead atoms. The summed E-state index contributed by atoms with van der Waals surface area (Å²) < 4.78 is 63.5. The van der Waals surface area contributed by atoms with Gasteiger partial charge in [-0.3, -0.25) is 9.30 Å². The van der Waals surface area contributed by atoms with E-state index in [9.17, 15) is 22.8 Å². The number of hydrogen-bond acceptors (Lipinski definition) is 7. The van der Waals surface area contributed by atoms with Gasteiger partial charge in [0.15, 0.2) is 5.65 Å². The second-order valence-electron chi connectivity index (χ2n) is 10.7. The Kier molecular flexibility index (Phi) is 8.88. The lowest BCUT2D eigenvalue weighted by molar-refractivity contribution is -0.132. The lowest BCUT2D eigenvalue weighted by Gasteiger charge is -2.28. The smallest absolute Gasteiger partial charge is 0.414 e. The minimum absolute atomic E-state index is 0.0491. The van der Waals surface area contributed by atoms with E-state index in [1.165, 1.54) is 26.5 Å². The Hall–Kier alpha value is -4.74. The maximum Gasteiger partial charge on any atom is 0.414 e. The molecule has 1 amide bonds. The first-order chi connectivity index (χ1) is 20.2. The van der Waals surface area contributed by atoms with Crippen molar-refractivity contribution in [2.45, 2.75) is 45.9 Å². The molecule has 2 heterocycles. The van der Waals surface area contributed by atoms with Crippen LogP contribution in [-0.2, 0) is 9.47 Å². The molecule has 0 aliphatic carbocycles. The summed E-state index contributed by atoms with van der Waals surface area (Å²) in [5.41, 5.74) is 1.48. The van der Waals surface area contributed by atoms with Gasteiger partial charge in [0, 0.05) is 24.2 Å². The first-order valence-corrected chi connectivity index (χ1v) is 13.3. The lowest BCUT2D eigenvalue weighted by atomic mass is 10.0. The van der Waals surface area contributed by atoms with Crippen molar-refractivity contribution in [2.24, 2.45) is 0 Å². The summed E-state index contributed by atoms with van der Waals surface area (Å²) in [6.45, 7) is 5.91. The number of anilines is 1. The number of aryl methyl sites for hydroxylation is 1. The van der Waals surface area contributed by atoms with E-state index in [-0.39, 0.29) is 17.1 Å². The van der Waals surface area contributed by atoms with Gasteiger partial charge in [0.2, 0.25) is 0 Å². The molecule has 0 atom stereocenters. The van der Waals surface area contributed by atoms with Crippen molar-refractivity contribution in [3.63, 3.8) is 0 Å². The van der Waals surface area contributed by atoms with Gasteiger partial charge in [-0.15, -0.1) is 0 Å². The molecule has 0 saturated carbocycles. The van der Waals surface area contributed by atoms with Crippen molar-refractivity contribution in [2.75, 3.05) is 25.7 Å². The average molecular weight is 600 g/mol. The maximum atomic E-state index is 13.4. The first-order valence-electron chi connectivity index (χ1n) is 13.3. The van der Waals surface area contributed by atoms with Gasteiger partial charge in [0.25, 0.3) is 0 Å². The van der Waals surface area contributed by atoms with E-state index in [1.54, 1.807) is 80.8 Å². The quantitative estimate of drug-likeness (QED) is 0.193. The van der Waals surface area contributed by atoms with Gasteiger partial charge < -0.3 is 18.9 Å². The Labute approximate surface area is 246 Å². The number of fused-ring (bicyclic) bond motifs is 1. The van der Waals surface area contributed by atoms with Crippen LogP contribution in [0.1, 0.15) is 43.1 Å². The van der Waals surface area contributed by atoms with Crippen LogP contribution in [0.2, 0.25) is 0 Å². The summed E-state index contributed by atoms with van der Waals surface area (Å²) in [6.07, 6.45) is -3.65. The van der Waals surface area contributed by atoms with E-state index >= 15 is 0 Å². The summed E-state index contributed by atoms with van der Waals surface area (Å²) in [5, 5.41) is 0. The zero-order chi connectivity index (χ0) is 31.5. The molecular weight excluding hydrogens is 567 g/mol. The van der Waals surface area contributed by atoms with Crippen LogP contribution in [0.5, 0.6) is 17.2 Å². The summed E-state index contributed by atoms with van der Waals surface area (Å²) in [5.74, 6) is 0.641. The van der Waals surface area contributed by atoms with Crippen LogP contribution in [0.15, 0.2) is 60.9 Å². The fourth-order valence-corrected chi connectivity index (χ4v) is 4.34.